The molecule has 2 aliphatic rings. The van der Waals surface area contributed by atoms with Crippen molar-refractivity contribution in [3.05, 3.63) is 35.0 Å². The van der Waals surface area contributed by atoms with Crippen molar-refractivity contribution in [1.29, 1.82) is 0 Å². The number of ketones is 1. The molecule has 1 aromatic carbocycles. The van der Waals surface area contributed by atoms with Crippen molar-refractivity contribution in [1.82, 2.24) is 10.2 Å². The maximum absolute atomic E-state index is 12.5. The molecule has 0 spiro atoms. The highest BCUT2D eigenvalue weighted by Crippen LogP contribution is 2.40. The van der Waals surface area contributed by atoms with E-state index in [1.165, 1.54) is 4.90 Å². The number of rotatable bonds is 3. The van der Waals surface area contributed by atoms with E-state index in [1.807, 2.05) is 6.07 Å². The van der Waals surface area contributed by atoms with Crippen LogP contribution >= 0.6 is 0 Å². The number of nitrogens with one attached hydrogen (secondary N) is 1. The van der Waals surface area contributed by atoms with Gasteiger partial charge in [-0.15, -0.1) is 0 Å². The van der Waals surface area contributed by atoms with Crippen LogP contribution < -0.4 is 14.8 Å². The monoisotopic (exact) mass is 316 g/mol. The van der Waals surface area contributed by atoms with Crippen molar-refractivity contribution >= 4 is 11.8 Å². The summed E-state index contributed by atoms with van der Waals surface area (Å²) < 4.78 is 10.7. The molecule has 0 saturated carbocycles. The summed E-state index contributed by atoms with van der Waals surface area (Å²) >= 11 is 0. The summed E-state index contributed by atoms with van der Waals surface area (Å²) in [6, 6.07) is 4.66. The van der Waals surface area contributed by atoms with Crippen LogP contribution in [0.15, 0.2) is 29.5 Å². The van der Waals surface area contributed by atoms with E-state index in [-0.39, 0.29) is 11.8 Å². The van der Waals surface area contributed by atoms with E-state index in [2.05, 4.69) is 5.32 Å². The van der Waals surface area contributed by atoms with Gasteiger partial charge in [0.2, 0.25) is 0 Å². The number of hydrogen-bond donors (Lipinski definition) is 1. The van der Waals surface area contributed by atoms with Gasteiger partial charge in [-0.1, -0.05) is 0 Å². The first-order valence-electron chi connectivity index (χ1n) is 7.59. The van der Waals surface area contributed by atoms with Gasteiger partial charge in [0.25, 0.3) is 0 Å². The summed E-state index contributed by atoms with van der Waals surface area (Å²) in [6.45, 7) is 0. The van der Waals surface area contributed by atoms with Crippen molar-refractivity contribution in [2.45, 2.75) is 25.3 Å². The molecule has 3 rings (SSSR count). The largest absolute Gasteiger partial charge is 0.497 e. The third-order valence-electron chi connectivity index (χ3n) is 4.44. The number of ether oxygens (including phenoxy) is 2. The van der Waals surface area contributed by atoms with Gasteiger partial charge in [-0.25, -0.2) is 4.79 Å². The number of urea groups is 1. The number of allylic oxidation sites excluding steroid dienone is 1. The standard InChI is InChI=1S/C17H20N2O4/c1-19-12-5-4-6-13(20)15(12)16(18-17(19)21)11-9-10(22-2)7-8-14(11)23-3/h7-9,16H,4-6H2,1-3H3,(H,18,21). The second-order valence-corrected chi connectivity index (χ2v) is 5.69. The lowest BCUT2D eigenvalue weighted by Gasteiger charge is -2.37. The number of Topliss-reactive ketones (excluding diaryl/α,β-unsaturated/α-hetero) is 1. The van der Waals surface area contributed by atoms with Crippen LogP contribution in [-0.2, 0) is 4.79 Å². The molecule has 1 N–H and O–H groups in total. The van der Waals surface area contributed by atoms with Gasteiger partial charge in [0.05, 0.1) is 20.3 Å². The lowest BCUT2D eigenvalue weighted by Crippen LogP contribution is -2.47. The van der Waals surface area contributed by atoms with Gasteiger partial charge in [0.1, 0.15) is 11.5 Å². The third-order valence-corrected chi connectivity index (χ3v) is 4.44. The van der Waals surface area contributed by atoms with Gasteiger partial charge in [0, 0.05) is 30.3 Å². The number of carbonyl (C=O) groups excluding carboxylic acids is 2. The Labute approximate surface area is 135 Å². The molecule has 0 radical (unpaired) electrons. The first kappa shape index (κ1) is 15.4. The highest BCUT2D eigenvalue weighted by Gasteiger charge is 2.38. The first-order chi connectivity index (χ1) is 11.1. The normalized spacial score (nSPS) is 21.0. The van der Waals surface area contributed by atoms with Crippen LogP contribution in [0.1, 0.15) is 30.9 Å². The zero-order chi connectivity index (χ0) is 16.6. The van der Waals surface area contributed by atoms with Crippen LogP contribution in [0.2, 0.25) is 0 Å². The van der Waals surface area contributed by atoms with Crippen LogP contribution in [0.4, 0.5) is 4.79 Å². The van der Waals surface area contributed by atoms with Crippen LogP contribution in [-0.4, -0.2) is 38.0 Å². The molecule has 6 heteroatoms. The van der Waals surface area contributed by atoms with Crippen molar-refractivity contribution in [3.63, 3.8) is 0 Å². The molecule has 2 amide bonds. The average molecular weight is 316 g/mol. The van der Waals surface area contributed by atoms with Gasteiger partial charge in [-0.05, 0) is 31.0 Å². The maximum Gasteiger partial charge on any atom is 0.322 e. The van der Waals surface area contributed by atoms with Gasteiger partial charge < -0.3 is 19.7 Å². The maximum atomic E-state index is 12.5. The van der Waals surface area contributed by atoms with Crippen molar-refractivity contribution in [3.8, 4) is 11.5 Å². The number of methoxy groups -OCH3 is 2. The summed E-state index contributed by atoms with van der Waals surface area (Å²) in [6.07, 6.45) is 2.01. The summed E-state index contributed by atoms with van der Waals surface area (Å²) in [5, 5.41) is 2.91. The Balaban J connectivity index is 2.16. The fraction of sp³-hybridized carbons (Fsp3) is 0.412. The van der Waals surface area contributed by atoms with Crippen molar-refractivity contribution in [2.24, 2.45) is 0 Å². The predicted octanol–water partition coefficient (Wildman–Crippen LogP) is 2.41. The van der Waals surface area contributed by atoms with E-state index in [4.69, 9.17) is 9.47 Å². The lowest BCUT2D eigenvalue weighted by atomic mass is 9.84. The molecular weight excluding hydrogens is 296 g/mol. The van der Waals surface area contributed by atoms with E-state index in [0.717, 1.165) is 24.1 Å². The molecule has 0 saturated heterocycles. The van der Waals surface area contributed by atoms with E-state index in [9.17, 15) is 9.59 Å². The van der Waals surface area contributed by atoms with E-state index >= 15 is 0 Å². The van der Waals surface area contributed by atoms with Gasteiger partial charge in [-0.3, -0.25) is 4.79 Å². The minimum Gasteiger partial charge on any atom is -0.497 e. The summed E-state index contributed by atoms with van der Waals surface area (Å²) in [5.74, 6) is 1.35. The molecule has 1 aromatic rings. The molecule has 0 fully saturated rings. The topological polar surface area (TPSA) is 67.9 Å². The number of carbonyl (C=O) groups is 2. The smallest absolute Gasteiger partial charge is 0.322 e. The Morgan fingerprint density at radius 3 is 2.65 bits per heavy atom. The minimum absolute atomic E-state index is 0.0768. The zero-order valence-electron chi connectivity index (χ0n) is 13.5. The number of amides is 2. The summed E-state index contributed by atoms with van der Waals surface area (Å²) in [5.41, 5.74) is 2.20. The predicted molar refractivity (Wildman–Crippen MR) is 84.5 cm³/mol. The summed E-state index contributed by atoms with van der Waals surface area (Å²) in [4.78, 5) is 26.3. The van der Waals surface area contributed by atoms with E-state index < -0.39 is 6.04 Å². The number of nitrogens with zero attached hydrogens (tertiary/aromatic N) is 1. The Kier molecular flexibility index (Phi) is 3.98. The SMILES string of the molecule is COc1ccc(OC)c(C2NC(=O)N(C)C3=C2C(=O)CCC3)c1. The van der Waals surface area contributed by atoms with Crippen molar-refractivity contribution in [2.75, 3.05) is 21.3 Å². The molecule has 0 aromatic heterocycles. The molecule has 6 nitrogen and oxygen atoms in total. The summed E-state index contributed by atoms with van der Waals surface area (Å²) in [7, 11) is 4.84. The molecule has 122 valence electrons. The fourth-order valence-electron chi connectivity index (χ4n) is 3.24. The van der Waals surface area contributed by atoms with Crippen LogP contribution in [0.3, 0.4) is 0 Å². The molecule has 1 heterocycles. The Morgan fingerprint density at radius 1 is 1.17 bits per heavy atom. The molecule has 1 aliphatic carbocycles. The van der Waals surface area contributed by atoms with Gasteiger partial charge in [0.15, 0.2) is 5.78 Å². The van der Waals surface area contributed by atoms with Gasteiger partial charge in [-0.2, -0.15) is 0 Å². The number of hydrogen-bond acceptors (Lipinski definition) is 4. The first-order valence-corrected chi connectivity index (χ1v) is 7.59. The van der Waals surface area contributed by atoms with Crippen LogP contribution in [0.25, 0.3) is 0 Å². The second kappa shape index (κ2) is 5.95. The highest BCUT2D eigenvalue weighted by atomic mass is 16.5. The quantitative estimate of drug-likeness (QED) is 0.930. The Hall–Kier alpha value is -2.50. The van der Waals surface area contributed by atoms with Crippen molar-refractivity contribution < 1.29 is 19.1 Å². The highest BCUT2D eigenvalue weighted by molar-refractivity contribution is 6.01. The van der Waals surface area contributed by atoms with E-state index in [0.29, 0.717) is 23.5 Å². The number of benzene rings is 1. The Bertz CT molecular complexity index is 696. The molecular formula is C17H20N2O4. The lowest BCUT2D eigenvalue weighted by molar-refractivity contribution is -0.116. The fourth-order valence-corrected chi connectivity index (χ4v) is 3.24. The molecule has 1 atom stereocenters. The van der Waals surface area contributed by atoms with Crippen LogP contribution in [0.5, 0.6) is 11.5 Å². The second-order valence-electron chi connectivity index (χ2n) is 5.69. The molecule has 1 aliphatic heterocycles. The molecule has 23 heavy (non-hydrogen) atoms. The van der Waals surface area contributed by atoms with Crippen LogP contribution in [0, 0.1) is 0 Å². The van der Waals surface area contributed by atoms with Gasteiger partial charge >= 0.3 is 6.03 Å². The Morgan fingerprint density at radius 2 is 1.96 bits per heavy atom. The molecule has 1 unspecified atom stereocenters. The average Bonchev–Trinajstić information content (AvgIpc) is 2.57. The third kappa shape index (κ3) is 2.54. The minimum atomic E-state index is -0.508. The molecule has 0 bridgehead atoms. The zero-order valence-corrected chi connectivity index (χ0v) is 13.5. The van der Waals surface area contributed by atoms with E-state index in [1.54, 1.807) is 33.4 Å².